The first-order valence-corrected chi connectivity index (χ1v) is 9.11. The lowest BCUT2D eigenvalue weighted by Crippen LogP contribution is -2.20. The summed E-state index contributed by atoms with van der Waals surface area (Å²) in [5.74, 6) is 0.533. The van der Waals surface area contributed by atoms with Crippen LogP contribution in [0.25, 0.3) is 10.8 Å². The Morgan fingerprint density at radius 3 is 2.70 bits per heavy atom. The van der Waals surface area contributed by atoms with Gasteiger partial charge >= 0.3 is 0 Å². The van der Waals surface area contributed by atoms with Crippen LogP contribution < -0.4 is 10.1 Å². The van der Waals surface area contributed by atoms with E-state index in [0.717, 1.165) is 27.6 Å². The standard InChI is InChI=1S/C23H21NO3/c1-14-7-10-20(23-19(25)11-15(2)22(14)23)27-13-21(26)24-18-9-8-16-5-3-4-6-17(16)12-18/h3-10,12,15H,11,13H2,1-2H3,(H,24,26). The molecule has 1 unspecified atom stereocenters. The number of carbonyl (C=O) groups is 2. The lowest BCUT2D eigenvalue weighted by Gasteiger charge is -2.13. The van der Waals surface area contributed by atoms with Crippen molar-refractivity contribution in [2.45, 2.75) is 26.2 Å². The molecule has 0 heterocycles. The van der Waals surface area contributed by atoms with E-state index in [4.69, 9.17) is 4.74 Å². The predicted molar refractivity (Wildman–Crippen MR) is 107 cm³/mol. The van der Waals surface area contributed by atoms with E-state index in [1.807, 2.05) is 62.4 Å². The van der Waals surface area contributed by atoms with E-state index in [1.165, 1.54) is 0 Å². The van der Waals surface area contributed by atoms with Crippen molar-refractivity contribution in [3.63, 3.8) is 0 Å². The minimum atomic E-state index is -0.252. The van der Waals surface area contributed by atoms with Gasteiger partial charge in [-0.15, -0.1) is 0 Å². The number of benzene rings is 3. The smallest absolute Gasteiger partial charge is 0.262 e. The zero-order valence-electron chi connectivity index (χ0n) is 15.4. The Morgan fingerprint density at radius 1 is 1.11 bits per heavy atom. The molecule has 1 N–H and O–H groups in total. The third kappa shape index (κ3) is 3.31. The summed E-state index contributed by atoms with van der Waals surface area (Å²) in [7, 11) is 0. The molecule has 4 rings (SSSR count). The highest BCUT2D eigenvalue weighted by Gasteiger charge is 2.31. The number of carbonyl (C=O) groups excluding carboxylic acids is 2. The van der Waals surface area contributed by atoms with Crippen LogP contribution in [-0.4, -0.2) is 18.3 Å². The second-order valence-corrected chi connectivity index (χ2v) is 7.10. The minimum absolute atomic E-state index is 0.0890. The number of ether oxygens (including phenoxy) is 1. The Balaban J connectivity index is 1.47. The van der Waals surface area contributed by atoms with Gasteiger partial charge in [-0.05, 0) is 52.9 Å². The Morgan fingerprint density at radius 2 is 1.89 bits per heavy atom. The second-order valence-electron chi connectivity index (χ2n) is 7.10. The highest BCUT2D eigenvalue weighted by Crippen LogP contribution is 2.40. The highest BCUT2D eigenvalue weighted by molar-refractivity contribution is 6.04. The fourth-order valence-corrected chi connectivity index (χ4v) is 3.84. The number of nitrogens with one attached hydrogen (secondary N) is 1. The Bertz CT molecular complexity index is 1050. The molecule has 0 aromatic heterocycles. The van der Waals surface area contributed by atoms with Crippen molar-refractivity contribution in [3.8, 4) is 5.75 Å². The predicted octanol–water partition coefficient (Wildman–Crippen LogP) is 4.86. The molecule has 0 bridgehead atoms. The molecule has 0 saturated carbocycles. The van der Waals surface area contributed by atoms with Crippen molar-refractivity contribution in [2.24, 2.45) is 0 Å². The van der Waals surface area contributed by atoms with Crippen molar-refractivity contribution >= 4 is 28.2 Å². The zero-order chi connectivity index (χ0) is 19.0. The molecule has 0 radical (unpaired) electrons. The largest absolute Gasteiger partial charge is 0.483 e. The van der Waals surface area contributed by atoms with Gasteiger partial charge < -0.3 is 10.1 Å². The molecule has 1 amide bonds. The van der Waals surface area contributed by atoms with Crippen LogP contribution in [0.3, 0.4) is 0 Å². The van der Waals surface area contributed by atoms with Gasteiger partial charge in [0.2, 0.25) is 0 Å². The summed E-state index contributed by atoms with van der Waals surface area (Å²) in [6, 6.07) is 17.5. The maximum atomic E-state index is 12.3. The lowest BCUT2D eigenvalue weighted by atomic mass is 9.97. The summed E-state index contributed by atoms with van der Waals surface area (Å²) in [4.78, 5) is 24.6. The van der Waals surface area contributed by atoms with Gasteiger partial charge in [0.1, 0.15) is 5.75 Å². The molecular formula is C23H21NO3. The van der Waals surface area contributed by atoms with Gasteiger partial charge in [-0.1, -0.05) is 43.3 Å². The van der Waals surface area contributed by atoms with E-state index >= 15 is 0 Å². The van der Waals surface area contributed by atoms with E-state index in [9.17, 15) is 9.59 Å². The van der Waals surface area contributed by atoms with Gasteiger partial charge in [-0.25, -0.2) is 0 Å². The monoisotopic (exact) mass is 359 g/mol. The Kier molecular flexibility index (Phi) is 4.40. The molecule has 1 atom stereocenters. The number of rotatable bonds is 4. The molecule has 3 aromatic carbocycles. The SMILES string of the molecule is Cc1ccc(OCC(=O)Nc2ccc3ccccc3c2)c2c1C(C)CC2=O. The summed E-state index contributed by atoms with van der Waals surface area (Å²) < 4.78 is 5.71. The summed E-state index contributed by atoms with van der Waals surface area (Å²) in [5.41, 5.74) is 3.51. The molecule has 27 heavy (non-hydrogen) atoms. The van der Waals surface area contributed by atoms with Crippen LogP contribution in [0.15, 0.2) is 54.6 Å². The average Bonchev–Trinajstić information content (AvgIpc) is 2.96. The molecule has 4 nitrogen and oxygen atoms in total. The number of anilines is 1. The number of hydrogen-bond donors (Lipinski definition) is 1. The number of hydrogen-bond acceptors (Lipinski definition) is 3. The first kappa shape index (κ1) is 17.3. The molecule has 1 aliphatic rings. The number of aryl methyl sites for hydroxylation is 1. The molecule has 0 saturated heterocycles. The Hall–Kier alpha value is -3.14. The fourth-order valence-electron chi connectivity index (χ4n) is 3.84. The summed E-state index contributed by atoms with van der Waals surface area (Å²) in [6.07, 6.45) is 0.500. The van der Waals surface area contributed by atoms with Crippen LogP contribution in [-0.2, 0) is 4.79 Å². The van der Waals surface area contributed by atoms with Crippen LogP contribution in [0.2, 0.25) is 0 Å². The topological polar surface area (TPSA) is 55.4 Å². The zero-order valence-corrected chi connectivity index (χ0v) is 15.4. The van der Waals surface area contributed by atoms with E-state index in [0.29, 0.717) is 17.7 Å². The summed E-state index contributed by atoms with van der Waals surface area (Å²) in [5, 5.41) is 5.04. The summed E-state index contributed by atoms with van der Waals surface area (Å²) in [6.45, 7) is 3.92. The summed E-state index contributed by atoms with van der Waals surface area (Å²) >= 11 is 0. The molecule has 3 aromatic rings. The highest BCUT2D eigenvalue weighted by atomic mass is 16.5. The van der Waals surface area contributed by atoms with Gasteiger partial charge in [0, 0.05) is 12.1 Å². The van der Waals surface area contributed by atoms with Crippen LogP contribution in [0.1, 0.15) is 40.7 Å². The van der Waals surface area contributed by atoms with Crippen molar-refractivity contribution in [1.29, 1.82) is 0 Å². The quantitative estimate of drug-likeness (QED) is 0.724. The normalized spacial score (nSPS) is 15.6. The van der Waals surface area contributed by atoms with Crippen LogP contribution in [0, 0.1) is 6.92 Å². The molecule has 1 aliphatic carbocycles. The number of amides is 1. The fraction of sp³-hybridized carbons (Fsp3) is 0.217. The van der Waals surface area contributed by atoms with Crippen molar-refractivity contribution < 1.29 is 14.3 Å². The maximum absolute atomic E-state index is 12.3. The van der Waals surface area contributed by atoms with E-state index in [-0.39, 0.29) is 24.2 Å². The average molecular weight is 359 g/mol. The maximum Gasteiger partial charge on any atom is 0.262 e. The van der Waals surface area contributed by atoms with Gasteiger partial charge in [0.05, 0.1) is 5.56 Å². The molecule has 4 heteroatoms. The molecular weight excluding hydrogens is 338 g/mol. The van der Waals surface area contributed by atoms with Gasteiger partial charge in [-0.3, -0.25) is 9.59 Å². The van der Waals surface area contributed by atoms with Crippen molar-refractivity contribution in [3.05, 3.63) is 71.3 Å². The van der Waals surface area contributed by atoms with Crippen molar-refractivity contribution in [1.82, 2.24) is 0 Å². The second kappa shape index (κ2) is 6.88. The van der Waals surface area contributed by atoms with Crippen LogP contribution >= 0.6 is 0 Å². The van der Waals surface area contributed by atoms with Gasteiger partial charge in [0.15, 0.2) is 12.4 Å². The third-order valence-electron chi connectivity index (χ3n) is 5.08. The van der Waals surface area contributed by atoms with Crippen LogP contribution in [0.4, 0.5) is 5.69 Å². The van der Waals surface area contributed by atoms with Gasteiger partial charge in [0.25, 0.3) is 5.91 Å². The number of fused-ring (bicyclic) bond motifs is 2. The number of ketones is 1. The van der Waals surface area contributed by atoms with E-state index < -0.39 is 0 Å². The lowest BCUT2D eigenvalue weighted by molar-refractivity contribution is -0.118. The molecule has 0 fully saturated rings. The van der Waals surface area contributed by atoms with Crippen LogP contribution in [0.5, 0.6) is 5.75 Å². The van der Waals surface area contributed by atoms with Gasteiger partial charge in [-0.2, -0.15) is 0 Å². The third-order valence-corrected chi connectivity index (χ3v) is 5.08. The molecule has 0 spiro atoms. The Labute approximate surface area is 158 Å². The van der Waals surface area contributed by atoms with E-state index in [2.05, 4.69) is 5.32 Å². The first-order valence-electron chi connectivity index (χ1n) is 9.11. The first-order chi connectivity index (χ1) is 13.0. The van der Waals surface area contributed by atoms with Crippen molar-refractivity contribution in [2.75, 3.05) is 11.9 Å². The minimum Gasteiger partial charge on any atom is -0.483 e. The molecule has 0 aliphatic heterocycles. The van der Waals surface area contributed by atoms with E-state index in [1.54, 1.807) is 6.07 Å². The molecule has 136 valence electrons. The number of Topliss-reactive ketones (excluding diaryl/α,β-unsaturated/α-hetero) is 1.